The normalized spacial score (nSPS) is 15.1. The van der Waals surface area contributed by atoms with Gasteiger partial charge in [-0.2, -0.15) is 0 Å². The van der Waals surface area contributed by atoms with Crippen LogP contribution in [0.1, 0.15) is 18.9 Å². The Morgan fingerprint density at radius 3 is 2.44 bits per heavy atom. The fourth-order valence-corrected chi connectivity index (χ4v) is 3.78. The summed E-state index contributed by atoms with van der Waals surface area (Å²) in [4.78, 5) is 27.7. The molecule has 1 saturated heterocycles. The van der Waals surface area contributed by atoms with Crippen LogP contribution in [0.3, 0.4) is 0 Å². The van der Waals surface area contributed by atoms with E-state index in [0.29, 0.717) is 32.6 Å². The molecule has 0 bridgehead atoms. The van der Waals surface area contributed by atoms with Crippen molar-refractivity contribution in [3.05, 3.63) is 29.8 Å². The van der Waals surface area contributed by atoms with E-state index in [1.807, 2.05) is 25.1 Å². The average Bonchev–Trinajstić information content (AvgIpc) is 2.59. The van der Waals surface area contributed by atoms with Crippen molar-refractivity contribution in [3.8, 4) is 0 Å². The van der Waals surface area contributed by atoms with Gasteiger partial charge in [-0.05, 0) is 31.0 Å². The molecule has 1 aliphatic heterocycles. The molecule has 0 spiro atoms. The van der Waals surface area contributed by atoms with Gasteiger partial charge in [0.05, 0.1) is 12.3 Å². The minimum atomic E-state index is -3.81. The monoisotopic (exact) mass is 367 g/mol. The van der Waals surface area contributed by atoms with E-state index in [2.05, 4.69) is 16.3 Å². The topological polar surface area (TPSA) is 86.8 Å². The zero-order chi connectivity index (χ0) is 18.4. The minimum Gasteiger partial charge on any atom is -0.368 e. The van der Waals surface area contributed by atoms with Gasteiger partial charge < -0.3 is 15.1 Å². The number of aryl methyl sites for hydroxylation is 1. The van der Waals surface area contributed by atoms with Crippen LogP contribution in [-0.4, -0.2) is 62.9 Å². The molecule has 1 aromatic carbocycles. The van der Waals surface area contributed by atoms with Crippen LogP contribution >= 0.6 is 0 Å². The first-order chi connectivity index (χ1) is 11.8. The van der Waals surface area contributed by atoms with E-state index in [9.17, 15) is 18.0 Å². The standard InChI is InChI=1S/C17H25N3O4S/c1-3-11-25(23,24)17(22)18-13-16(21)20-9-7-19(8-10-20)15-6-4-5-14(2)12-15/h4-6,12H,3,7-11,13H2,1-2H3,(H,18,22). The summed E-state index contributed by atoms with van der Waals surface area (Å²) in [5.41, 5.74) is 2.32. The van der Waals surface area contributed by atoms with E-state index in [-0.39, 0.29) is 18.2 Å². The Bertz CT molecular complexity index is 725. The highest BCUT2D eigenvalue weighted by Gasteiger charge is 2.24. The van der Waals surface area contributed by atoms with Crippen molar-refractivity contribution in [3.63, 3.8) is 0 Å². The van der Waals surface area contributed by atoms with E-state index in [1.165, 1.54) is 5.56 Å². The maximum atomic E-state index is 12.2. The average molecular weight is 367 g/mol. The van der Waals surface area contributed by atoms with Crippen LogP contribution < -0.4 is 10.2 Å². The second-order valence-electron chi connectivity index (χ2n) is 6.17. The highest BCUT2D eigenvalue weighted by Crippen LogP contribution is 2.17. The molecule has 0 radical (unpaired) electrons. The molecule has 1 aliphatic rings. The molecule has 0 aliphatic carbocycles. The van der Waals surface area contributed by atoms with Crippen molar-refractivity contribution in [2.24, 2.45) is 0 Å². The number of amides is 2. The van der Waals surface area contributed by atoms with Gasteiger partial charge in [0.2, 0.25) is 15.7 Å². The lowest BCUT2D eigenvalue weighted by Gasteiger charge is -2.36. The third kappa shape index (κ3) is 5.19. The molecule has 2 rings (SSSR count). The number of benzene rings is 1. The van der Waals surface area contributed by atoms with Crippen LogP contribution in [0.2, 0.25) is 0 Å². The third-order valence-corrected chi connectivity index (χ3v) is 5.79. The van der Waals surface area contributed by atoms with Gasteiger partial charge >= 0.3 is 5.24 Å². The zero-order valence-corrected chi connectivity index (χ0v) is 15.5. The number of nitrogens with one attached hydrogen (secondary N) is 1. The molecule has 25 heavy (non-hydrogen) atoms. The largest absolute Gasteiger partial charge is 0.368 e. The van der Waals surface area contributed by atoms with Gasteiger partial charge in [0.15, 0.2) is 0 Å². The number of carbonyl (C=O) groups is 2. The number of nitrogens with zero attached hydrogens (tertiary/aromatic N) is 2. The Hall–Kier alpha value is -2.09. The molecule has 138 valence electrons. The highest BCUT2D eigenvalue weighted by molar-refractivity contribution is 8.06. The van der Waals surface area contributed by atoms with Crippen molar-refractivity contribution >= 4 is 26.7 Å². The summed E-state index contributed by atoms with van der Waals surface area (Å²) in [5.74, 6) is -0.466. The fourth-order valence-electron chi connectivity index (χ4n) is 2.77. The predicted molar refractivity (Wildman–Crippen MR) is 97.4 cm³/mol. The van der Waals surface area contributed by atoms with Crippen LogP contribution in [0.5, 0.6) is 0 Å². The third-order valence-electron chi connectivity index (χ3n) is 4.14. The van der Waals surface area contributed by atoms with Crippen LogP contribution in [0.25, 0.3) is 0 Å². The lowest BCUT2D eigenvalue weighted by molar-refractivity contribution is -0.130. The van der Waals surface area contributed by atoms with Gasteiger partial charge in [0.25, 0.3) is 0 Å². The number of anilines is 1. The van der Waals surface area contributed by atoms with Crippen molar-refractivity contribution in [2.75, 3.05) is 43.4 Å². The van der Waals surface area contributed by atoms with Crippen molar-refractivity contribution < 1.29 is 18.0 Å². The number of piperazine rings is 1. The maximum Gasteiger partial charge on any atom is 0.336 e. The van der Waals surface area contributed by atoms with Gasteiger partial charge in [0, 0.05) is 31.9 Å². The van der Waals surface area contributed by atoms with Gasteiger partial charge in [-0.3, -0.25) is 9.59 Å². The summed E-state index contributed by atoms with van der Waals surface area (Å²) in [7, 11) is -3.81. The molecule has 0 atom stereocenters. The minimum absolute atomic E-state index is 0.206. The lowest BCUT2D eigenvalue weighted by Crippen LogP contribution is -2.51. The SMILES string of the molecule is CCCS(=O)(=O)C(=O)NCC(=O)N1CCN(c2cccc(C)c2)CC1. The van der Waals surface area contributed by atoms with Crippen LogP contribution in [-0.2, 0) is 14.6 Å². The summed E-state index contributed by atoms with van der Waals surface area (Å²) >= 11 is 0. The summed E-state index contributed by atoms with van der Waals surface area (Å²) in [6, 6.07) is 8.20. The van der Waals surface area contributed by atoms with Gasteiger partial charge in [0.1, 0.15) is 0 Å². The van der Waals surface area contributed by atoms with E-state index in [4.69, 9.17) is 0 Å². The predicted octanol–water partition coefficient (Wildman–Crippen LogP) is 1.18. The molecule has 8 heteroatoms. The zero-order valence-electron chi connectivity index (χ0n) is 14.7. The Labute approximate surface area is 148 Å². The second kappa shape index (κ2) is 8.33. The Morgan fingerprint density at radius 1 is 1.16 bits per heavy atom. The number of hydrogen-bond donors (Lipinski definition) is 1. The van der Waals surface area contributed by atoms with E-state index < -0.39 is 15.1 Å². The molecule has 0 saturated carbocycles. The van der Waals surface area contributed by atoms with E-state index in [0.717, 1.165) is 5.69 Å². The van der Waals surface area contributed by atoms with Crippen molar-refractivity contribution in [1.29, 1.82) is 0 Å². The molecule has 0 aromatic heterocycles. The molecular weight excluding hydrogens is 342 g/mol. The summed E-state index contributed by atoms with van der Waals surface area (Å²) < 4.78 is 23.2. The summed E-state index contributed by atoms with van der Waals surface area (Å²) in [6.45, 7) is 5.94. The Kier molecular flexibility index (Phi) is 6.41. The fraction of sp³-hybridized carbons (Fsp3) is 0.529. The second-order valence-corrected chi connectivity index (χ2v) is 8.18. The molecule has 2 amide bonds. The number of hydrogen-bond acceptors (Lipinski definition) is 5. The summed E-state index contributed by atoms with van der Waals surface area (Å²) in [5, 5.41) is 1.16. The van der Waals surface area contributed by atoms with E-state index in [1.54, 1.807) is 11.8 Å². The van der Waals surface area contributed by atoms with Crippen molar-refractivity contribution in [2.45, 2.75) is 20.3 Å². The smallest absolute Gasteiger partial charge is 0.336 e. The van der Waals surface area contributed by atoms with Crippen molar-refractivity contribution in [1.82, 2.24) is 10.2 Å². The molecule has 1 aromatic rings. The Balaban J connectivity index is 1.82. The molecular formula is C17H25N3O4S. The summed E-state index contributed by atoms with van der Waals surface area (Å²) in [6.07, 6.45) is 0.366. The first kappa shape index (κ1) is 19.2. The Morgan fingerprint density at radius 2 is 1.84 bits per heavy atom. The van der Waals surface area contributed by atoms with Crippen LogP contribution in [0.4, 0.5) is 10.5 Å². The van der Waals surface area contributed by atoms with Gasteiger partial charge in [-0.1, -0.05) is 19.1 Å². The molecule has 7 nitrogen and oxygen atoms in total. The number of carbonyl (C=O) groups excluding carboxylic acids is 2. The number of sulfone groups is 1. The molecule has 1 N–H and O–H groups in total. The number of rotatable bonds is 5. The van der Waals surface area contributed by atoms with E-state index >= 15 is 0 Å². The highest BCUT2D eigenvalue weighted by atomic mass is 32.2. The molecule has 0 unspecified atom stereocenters. The first-order valence-corrected chi connectivity index (χ1v) is 10.1. The maximum absolute atomic E-state index is 12.2. The lowest BCUT2D eigenvalue weighted by atomic mass is 10.2. The van der Waals surface area contributed by atoms with Crippen LogP contribution in [0.15, 0.2) is 24.3 Å². The van der Waals surface area contributed by atoms with Crippen LogP contribution in [0, 0.1) is 6.92 Å². The van der Waals surface area contributed by atoms with Gasteiger partial charge in [-0.25, -0.2) is 8.42 Å². The first-order valence-electron chi connectivity index (χ1n) is 8.43. The molecule has 1 fully saturated rings. The molecule has 1 heterocycles. The quantitative estimate of drug-likeness (QED) is 0.844. The van der Waals surface area contributed by atoms with Gasteiger partial charge in [-0.15, -0.1) is 0 Å².